The molecule has 4 aromatic rings. The van der Waals surface area contributed by atoms with E-state index in [9.17, 15) is 14.9 Å². The number of para-hydroxylation sites is 1. The number of amides is 1. The molecule has 2 heterocycles. The van der Waals surface area contributed by atoms with Crippen molar-refractivity contribution in [1.29, 1.82) is 5.26 Å². The van der Waals surface area contributed by atoms with Gasteiger partial charge in [-0.3, -0.25) is 4.79 Å². The molecule has 0 bridgehead atoms. The molecule has 1 saturated heterocycles. The van der Waals surface area contributed by atoms with E-state index in [1.165, 1.54) is 0 Å². The van der Waals surface area contributed by atoms with E-state index < -0.39 is 24.0 Å². The van der Waals surface area contributed by atoms with Gasteiger partial charge in [0.25, 0.3) is 0 Å². The predicted octanol–water partition coefficient (Wildman–Crippen LogP) is 4.30. The van der Waals surface area contributed by atoms with Gasteiger partial charge in [0.15, 0.2) is 11.6 Å². The Labute approximate surface area is 212 Å². The molecule has 36 heavy (non-hydrogen) atoms. The highest BCUT2D eigenvalue weighted by Crippen LogP contribution is 2.37. The topological polar surface area (TPSA) is 100 Å². The monoisotopic (exact) mass is 495 g/mol. The molecule has 1 fully saturated rings. The van der Waals surface area contributed by atoms with Crippen LogP contribution < -0.4 is 10.2 Å². The average Bonchev–Trinajstić information content (AvgIpc) is 3.35. The minimum absolute atomic E-state index is 0.0504. The van der Waals surface area contributed by atoms with Gasteiger partial charge < -0.3 is 15.0 Å². The van der Waals surface area contributed by atoms with Crippen molar-refractivity contribution < 1.29 is 14.3 Å². The number of benzene rings is 3. The van der Waals surface area contributed by atoms with E-state index in [2.05, 4.69) is 10.4 Å². The zero-order chi connectivity index (χ0) is 25.2. The van der Waals surface area contributed by atoms with Gasteiger partial charge in [-0.15, -0.1) is 0 Å². The molecular formula is C27H21N5O3S. The zero-order valence-corrected chi connectivity index (χ0v) is 20.1. The van der Waals surface area contributed by atoms with E-state index in [1.807, 2.05) is 78.9 Å². The number of rotatable bonds is 5. The smallest absolute Gasteiger partial charge is 0.359 e. The molecule has 0 spiro atoms. The molecule has 9 heteroatoms. The number of aromatic nitrogens is 2. The number of esters is 1. The average molecular weight is 496 g/mol. The van der Waals surface area contributed by atoms with Crippen molar-refractivity contribution in [3.63, 3.8) is 0 Å². The Morgan fingerprint density at radius 1 is 1.11 bits per heavy atom. The first-order valence-electron chi connectivity index (χ1n) is 11.4. The molecule has 0 saturated carbocycles. The zero-order valence-electron chi connectivity index (χ0n) is 19.3. The molecule has 178 valence electrons. The Balaban J connectivity index is 1.72. The Kier molecular flexibility index (Phi) is 6.19. The molecule has 1 aromatic heterocycles. The molecule has 5 rings (SSSR count). The number of thiocarbonyl (C=S) groups is 1. The van der Waals surface area contributed by atoms with Gasteiger partial charge in [0, 0.05) is 17.1 Å². The second-order valence-corrected chi connectivity index (χ2v) is 8.53. The summed E-state index contributed by atoms with van der Waals surface area (Å²) in [7, 11) is 0. The Hall–Kier alpha value is -4.55. The first-order valence-corrected chi connectivity index (χ1v) is 11.8. The van der Waals surface area contributed by atoms with Gasteiger partial charge in [0.2, 0.25) is 5.91 Å². The van der Waals surface area contributed by atoms with Crippen LogP contribution in [0.25, 0.3) is 16.5 Å². The van der Waals surface area contributed by atoms with Crippen molar-refractivity contribution in [3.05, 3.63) is 90.3 Å². The van der Waals surface area contributed by atoms with Crippen molar-refractivity contribution >= 4 is 45.5 Å². The van der Waals surface area contributed by atoms with E-state index in [4.69, 9.17) is 17.0 Å². The summed E-state index contributed by atoms with van der Waals surface area (Å²) in [4.78, 5) is 27.8. The first-order chi connectivity index (χ1) is 17.5. The van der Waals surface area contributed by atoms with E-state index in [-0.39, 0.29) is 17.3 Å². The lowest BCUT2D eigenvalue weighted by Crippen LogP contribution is -2.56. The number of nitriles is 1. The molecule has 8 nitrogen and oxygen atoms in total. The molecule has 1 amide bonds. The number of fused-ring (bicyclic) bond motifs is 1. The highest BCUT2D eigenvalue weighted by atomic mass is 32.1. The number of anilines is 1. The number of ether oxygens (including phenoxy) is 1. The molecule has 2 atom stereocenters. The summed E-state index contributed by atoms with van der Waals surface area (Å²) in [5, 5.41) is 19.0. The molecule has 0 radical (unpaired) electrons. The number of hydrogen-bond donors (Lipinski definition) is 1. The van der Waals surface area contributed by atoms with Crippen molar-refractivity contribution in [3.8, 4) is 11.8 Å². The normalized spacial score (nSPS) is 17.5. The van der Waals surface area contributed by atoms with Crippen molar-refractivity contribution in [2.24, 2.45) is 5.92 Å². The van der Waals surface area contributed by atoms with Gasteiger partial charge >= 0.3 is 5.97 Å². The maximum absolute atomic E-state index is 13.0. The second-order valence-electron chi connectivity index (χ2n) is 8.11. The molecule has 2 unspecified atom stereocenters. The van der Waals surface area contributed by atoms with E-state index in [0.717, 1.165) is 16.5 Å². The number of carbonyl (C=O) groups is 2. The van der Waals surface area contributed by atoms with Gasteiger partial charge in [0.05, 0.1) is 24.1 Å². The number of nitrogens with one attached hydrogen (secondary N) is 1. The fraction of sp³-hybridized carbons (Fsp3) is 0.148. The largest absolute Gasteiger partial charge is 0.461 e. The van der Waals surface area contributed by atoms with Crippen LogP contribution >= 0.6 is 12.2 Å². The van der Waals surface area contributed by atoms with E-state index in [1.54, 1.807) is 22.7 Å². The molecule has 1 aliphatic rings. The van der Waals surface area contributed by atoms with Gasteiger partial charge in [-0.1, -0.05) is 66.8 Å². The maximum Gasteiger partial charge on any atom is 0.359 e. The highest BCUT2D eigenvalue weighted by Gasteiger charge is 2.42. The van der Waals surface area contributed by atoms with Crippen LogP contribution in [0.3, 0.4) is 0 Å². The second kappa shape index (κ2) is 9.60. The minimum Gasteiger partial charge on any atom is -0.461 e. The molecule has 3 aromatic carbocycles. The highest BCUT2D eigenvalue weighted by molar-refractivity contribution is 7.80. The summed E-state index contributed by atoms with van der Waals surface area (Å²) in [6.07, 6.45) is 0.789. The van der Waals surface area contributed by atoms with Crippen LogP contribution in [0.2, 0.25) is 0 Å². The third-order valence-electron chi connectivity index (χ3n) is 5.97. The van der Waals surface area contributed by atoms with Crippen LogP contribution in [0.15, 0.2) is 79.0 Å². The SMILES string of the molecule is CCOC(=O)c1nn(-c2ccccc2)cc1C1NC(=O)C(C#N)C(=S)N1c1cccc2ccccc12. The third kappa shape index (κ3) is 3.97. The first kappa shape index (κ1) is 23.2. The van der Waals surface area contributed by atoms with Gasteiger partial charge in [0.1, 0.15) is 11.2 Å². The standard InChI is InChI=1S/C27H21N5O3S/c1-2-35-27(34)23-21(16-31(30-23)18-11-4-3-5-12-18)24-29-25(33)20(15-28)26(36)32(24)22-14-8-10-17-9-6-7-13-19(17)22/h3-14,16,20,24H,2H2,1H3,(H,29,33). The molecule has 1 N–H and O–H groups in total. The minimum atomic E-state index is -1.16. The van der Waals surface area contributed by atoms with E-state index in [0.29, 0.717) is 11.3 Å². The summed E-state index contributed by atoms with van der Waals surface area (Å²) in [6, 6.07) is 24.8. The lowest BCUT2D eigenvalue weighted by molar-refractivity contribution is -0.123. The van der Waals surface area contributed by atoms with Crippen LogP contribution in [0.5, 0.6) is 0 Å². The fourth-order valence-electron chi connectivity index (χ4n) is 4.33. The number of carbonyl (C=O) groups excluding carboxylic acids is 2. The van der Waals surface area contributed by atoms with Gasteiger partial charge in [-0.2, -0.15) is 10.4 Å². The Morgan fingerprint density at radius 2 is 1.83 bits per heavy atom. The number of nitrogens with zero attached hydrogens (tertiary/aromatic N) is 4. The van der Waals surface area contributed by atoms with Crippen LogP contribution in [-0.4, -0.2) is 33.3 Å². The van der Waals surface area contributed by atoms with Crippen LogP contribution in [0.1, 0.15) is 29.1 Å². The summed E-state index contributed by atoms with van der Waals surface area (Å²) in [6.45, 7) is 1.87. The summed E-state index contributed by atoms with van der Waals surface area (Å²) in [5.74, 6) is -2.32. The predicted molar refractivity (Wildman–Crippen MR) is 139 cm³/mol. The maximum atomic E-state index is 13.0. The van der Waals surface area contributed by atoms with Crippen molar-refractivity contribution in [2.75, 3.05) is 11.5 Å². The molecular weight excluding hydrogens is 474 g/mol. The molecule has 0 aliphatic carbocycles. The van der Waals surface area contributed by atoms with Gasteiger partial charge in [-0.25, -0.2) is 9.48 Å². The lowest BCUT2D eigenvalue weighted by atomic mass is 9.99. The fourth-order valence-corrected chi connectivity index (χ4v) is 4.69. The number of hydrogen-bond acceptors (Lipinski definition) is 6. The summed E-state index contributed by atoms with van der Waals surface area (Å²) >= 11 is 5.71. The summed E-state index contributed by atoms with van der Waals surface area (Å²) < 4.78 is 6.85. The van der Waals surface area contributed by atoms with E-state index >= 15 is 0 Å². The lowest BCUT2D eigenvalue weighted by Gasteiger charge is -2.40. The molecule has 1 aliphatic heterocycles. The van der Waals surface area contributed by atoms with Gasteiger partial charge in [-0.05, 0) is 30.5 Å². The Bertz CT molecular complexity index is 1520. The summed E-state index contributed by atoms with van der Waals surface area (Å²) in [5.41, 5.74) is 1.88. The van der Waals surface area contributed by atoms with Crippen molar-refractivity contribution in [1.82, 2.24) is 15.1 Å². The van der Waals surface area contributed by atoms with Crippen molar-refractivity contribution in [2.45, 2.75) is 13.1 Å². The third-order valence-corrected chi connectivity index (χ3v) is 6.40. The van der Waals surface area contributed by atoms with Crippen LogP contribution in [-0.2, 0) is 9.53 Å². The quantitative estimate of drug-likeness (QED) is 0.325. The Morgan fingerprint density at radius 3 is 2.58 bits per heavy atom. The van der Waals surface area contributed by atoms with Crippen LogP contribution in [0.4, 0.5) is 5.69 Å². The van der Waals surface area contributed by atoms with Crippen LogP contribution in [0, 0.1) is 17.2 Å².